The van der Waals surface area contributed by atoms with E-state index in [1.807, 2.05) is 42.5 Å². The third-order valence-corrected chi connectivity index (χ3v) is 3.02. The van der Waals surface area contributed by atoms with Crippen molar-refractivity contribution in [3.63, 3.8) is 0 Å². The molecule has 2 N–H and O–H groups in total. The Bertz CT molecular complexity index is 581. The lowest BCUT2D eigenvalue weighted by Gasteiger charge is -2.11. The fraction of sp³-hybridized carbons (Fsp3) is 0.118. The monoisotopic (exact) mass is 298 g/mol. The Hall–Kier alpha value is -2.33. The summed E-state index contributed by atoms with van der Waals surface area (Å²) in [7, 11) is 0. The van der Waals surface area contributed by atoms with Gasteiger partial charge in [0, 0.05) is 12.2 Å². The Morgan fingerprint density at radius 1 is 1.10 bits per heavy atom. The van der Waals surface area contributed by atoms with Crippen molar-refractivity contribution in [1.82, 2.24) is 5.32 Å². The van der Waals surface area contributed by atoms with E-state index in [0.29, 0.717) is 18.3 Å². The van der Waals surface area contributed by atoms with E-state index >= 15 is 0 Å². The minimum Gasteiger partial charge on any atom is -0.490 e. The van der Waals surface area contributed by atoms with Gasteiger partial charge in [-0.2, -0.15) is 0 Å². The largest absolute Gasteiger partial charge is 0.490 e. The van der Waals surface area contributed by atoms with Crippen LogP contribution in [-0.4, -0.2) is 11.7 Å². The second-order valence-electron chi connectivity index (χ2n) is 4.42. The van der Waals surface area contributed by atoms with Gasteiger partial charge in [0.25, 0.3) is 0 Å². The zero-order chi connectivity index (χ0) is 14.9. The molecule has 0 saturated carbocycles. The van der Waals surface area contributed by atoms with Crippen molar-refractivity contribution in [2.24, 2.45) is 0 Å². The van der Waals surface area contributed by atoms with Crippen molar-refractivity contribution in [3.05, 3.63) is 72.8 Å². The minimum absolute atomic E-state index is 0.504. The minimum atomic E-state index is 0.504. The van der Waals surface area contributed by atoms with Gasteiger partial charge >= 0.3 is 0 Å². The van der Waals surface area contributed by atoms with Gasteiger partial charge in [0.2, 0.25) is 0 Å². The fourth-order valence-electron chi connectivity index (χ4n) is 1.74. The van der Waals surface area contributed by atoms with Crippen LogP contribution in [0.5, 0.6) is 5.75 Å². The maximum Gasteiger partial charge on any atom is 0.171 e. The van der Waals surface area contributed by atoms with Crippen molar-refractivity contribution in [2.45, 2.75) is 6.54 Å². The maximum atomic E-state index is 5.43. The lowest BCUT2D eigenvalue weighted by Crippen LogP contribution is -2.27. The number of hydrogen-bond donors (Lipinski definition) is 2. The predicted octanol–water partition coefficient (Wildman–Crippen LogP) is 3.74. The predicted molar refractivity (Wildman–Crippen MR) is 91.6 cm³/mol. The number of hydrogen-bond acceptors (Lipinski definition) is 2. The molecule has 2 aromatic carbocycles. The summed E-state index contributed by atoms with van der Waals surface area (Å²) in [5.41, 5.74) is 2.11. The molecule has 0 atom stereocenters. The van der Waals surface area contributed by atoms with Gasteiger partial charge in [-0.1, -0.05) is 43.0 Å². The highest BCUT2D eigenvalue weighted by molar-refractivity contribution is 7.80. The number of nitrogens with one attached hydrogen (secondary N) is 2. The summed E-state index contributed by atoms with van der Waals surface area (Å²) in [6.07, 6.45) is 1.72. The zero-order valence-electron chi connectivity index (χ0n) is 11.7. The number of thiocarbonyl (C=S) groups is 1. The van der Waals surface area contributed by atoms with Gasteiger partial charge < -0.3 is 15.4 Å². The van der Waals surface area contributed by atoms with Crippen LogP contribution in [-0.2, 0) is 6.54 Å². The summed E-state index contributed by atoms with van der Waals surface area (Å²) < 4.78 is 5.43. The summed E-state index contributed by atoms with van der Waals surface area (Å²) in [5.74, 6) is 0.809. The van der Waals surface area contributed by atoms with E-state index in [1.165, 1.54) is 5.56 Å². The summed E-state index contributed by atoms with van der Waals surface area (Å²) in [5, 5.41) is 6.91. The molecular formula is C17H18N2OS. The second kappa shape index (κ2) is 8.07. The first kappa shape index (κ1) is 15.1. The molecule has 0 amide bonds. The Balaban J connectivity index is 1.80. The number of ether oxygens (including phenoxy) is 1. The van der Waals surface area contributed by atoms with Gasteiger partial charge in [0.05, 0.1) is 0 Å². The maximum absolute atomic E-state index is 5.43. The molecule has 4 heteroatoms. The molecule has 3 nitrogen and oxygen atoms in total. The summed E-state index contributed by atoms with van der Waals surface area (Å²) in [6.45, 7) is 4.82. The van der Waals surface area contributed by atoms with Gasteiger partial charge in [-0.15, -0.1) is 0 Å². The van der Waals surface area contributed by atoms with Crippen LogP contribution in [0.25, 0.3) is 0 Å². The molecule has 0 bridgehead atoms. The standard InChI is InChI=1S/C17H18N2OS/c1-2-12-20-16-10-8-15(9-11-16)19-17(21)18-13-14-6-4-3-5-7-14/h2-11H,1,12-13H2,(H2,18,19,21). The van der Waals surface area contributed by atoms with Crippen molar-refractivity contribution in [3.8, 4) is 5.75 Å². The molecule has 0 heterocycles. The van der Waals surface area contributed by atoms with E-state index in [4.69, 9.17) is 17.0 Å². The highest BCUT2D eigenvalue weighted by Crippen LogP contribution is 2.15. The number of benzene rings is 2. The molecule has 0 spiro atoms. The highest BCUT2D eigenvalue weighted by Gasteiger charge is 1.99. The molecule has 0 aliphatic carbocycles. The van der Waals surface area contributed by atoms with Gasteiger partial charge in [-0.05, 0) is 42.0 Å². The van der Waals surface area contributed by atoms with Crippen molar-refractivity contribution in [2.75, 3.05) is 11.9 Å². The van der Waals surface area contributed by atoms with E-state index in [0.717, 1.165) is 11.4 Å². The third-order valence-electron chi connectivity index (χ3n) is 2.78. The highest BCUT2D eigenvalue weighted by atomic mass is 32.1. The molecule has 21 heavy (non-hydrogen) atoms. The molecule has 0 aliphatic heterocycles. The van der Waals surface area contributed by atoms with Crippen LogP contribution in [0.4, 0.5) is 5.69 Å². The first-order valence-electron chi connectivity index (χ1n) is 6.70. The van der Waals surface area contributed by atoms with Gasteiger partial charge in [-0.25, -0.2) is 0 Å². The van der Waals surface area contributed by atoms with E-state index in [1.54, 1.807) is 6.08 Å². The SMILES string of the molecule is C=CCOc1ccc(NC(=S)NCc2ccccc2)cc1. The molecule has 108 valence electrons. The molecule has 0 aliphatic rings. The van der Waals surface area contributed by atoms with Crippen LogP contribution < -0.4 is 15.4 Å². The molecule has 0 aromatic heterocycles. The Labute approximate surface area is 130 Å². The lowest BCUT2D eigenvalue weighted by molar-refractivity contribution is 0.363. The van der Waals surface area contributed by atoms with Crippen LogP contribution in [0.2, 0.25) is 0 Å². The quantitative estimate of drug-likeness (QED) is 0.629. The summed E-state index contributed by atoms with van der Waals surface area (Å²) in [6, 6.07) is 17.8. The number of rotatable bonds is 6. The van der Waals surface area contributed by atoms with Gasteiger partial charge in [-0.3, -0.25) is 0 Å². The molecule has 0 saturated heterocycles. The normalized spacial score (nSPS) is 9.71. The molecule has 0 radical (unpaired) electrons. The van der Waals surface area contributed by atoms with Crippen LogP contribution in [0.15, 0.2) is 67.3 Å². The molecule has 0 unspecified atom stereocenters. The first-order valence-corrected chi connectivity index (χ1v) is 7.11. The van der Waals surface area contributed by atoms with E-state index in [2.05, 4.69) is 29.3 Å². The molecule has 0 fully saturated rings. The Kier molecular flexibility index (Phi) is 5.79. The van der Waals surface area contributed by atoms with Crippen molar-refractivity contribution >= 4 is 23.0 Å². The fourth-order valence-corrected chi connectivity index (χ4v) is 1.93. The Morgan fingerprint density at radius 2 is 1.81 bits per heavy atom. The van der Waals surface area contributed by atoms with E-state index in [-0.39, 0.29) is 0 Å². The van der Waals surface area contributed by atoms with Crippen molar-refractivity contribution < 1.29 is 4.74 Å². The van der Waals surface area contributed by atoms with Crippen LogP contribution in [0, 0.1) is 0 Å². The average molecular weight is 298 g/mol. The third kappa shape index (κ3) is 5.28. The van der Waals surface area contributed by atoms with Gasteiger partial charge in [0.1, 0.15) is 12.4 Å². The summed E-state index contributed by atoms with van der Waals surface area (Å²) in [4.78, 5) is 0. The Morgan fingerprint density at radius 3 is 2.48 bits per heavy atom. The van der Waals surface area contributed by atoms with Crippen LogP contribution >= 0.6 is 12.2 Å². The van der Waals surface area contributed by atoms with E-state index in [9.17, 15) is 0 Å². The number of anilines is 1. The molecule has 2 aromatic rings. The molecular weight excluding hydrogens is 280 g/mol. The smallest absolute Gasteiger partial charge is 0.171 e. The van der Waals surface area contributed by atoms with Crippen molar-refractivity contribution in [1.29, 1.82) is 0 Å². The second-order valence-corrected chi connectivity index (χ2v) is 4.83. The molecule has 2 rings (SSSR count). The zero-order valence-corrected chi connectivity index (χ0v) is 12.5. The van der Waals surface area contributed by atoms with Crippen LogP contribution in [0.1, 0.15) is 5.56 Å². The van der Waals surface area contributed by atoms with E-state index < -0.39 is 0 Å². The summed E-state index contributed by atoms with van der Waals surface area (Å²) >= 11 is 5.27. The van der Waals surface area contributed by atoms with Gasteiger partial charge in [0.15, 0.2) is 5.11 Å². The topological polar surface area (TPSA) is 33.3 Å². The van der Waals surface area contributed by atoms with Crippen LogP contribution in [0.3, 0.4) is 0 Å². The average Bonchev–Trinajstić information content (AvgIpc) is 2.53. The first-order chi connectivity index (χ1) is 10.3. The lowest BCUT2D eigenvalue weighted by atomic mass is 10.2.